The van der Waals surface area contributed by atoms with Gasteiger partial charge in [0.15, 0.2) is 17.1 Å². The highest BCUT2D eigenvalue weighted by molar-refractivity contribution is 5.87. The smallest absolute Gasteiger partial charge is 0.253 e. The second-order valence-electron chi connectivity index (χ2n) is 12.9. The van der Waals surface area contributed by atoms with Gasteiger partial charge in [-0.25, -0.2) is 0 Å². The number of hydrogen-bond acceptors (Lipinski definition) is 10. The summed E-state index contributed by atoms with van der Waals surface area (Å²) in [4.78, 5) is 29.7. The first-order valence-electron chi connectivity index (χ1n) is 16.0. The van der Waals surface area contributed by atoms with Gasteiger partial charge in [0.2, 0.25) is 5.91 Å². The summed E-state index contributed by atoms with van der Waals surface area (Å²) < 4.78 is 23.4. The fraction of sp³-hybridized carbons (Fsp3) is 0.444. The summed E-state index contributed by atoms with van der Waals surface area (Å²) in [6.07, 6.45) is -1.41. The van der Waals surface area contributed by atoms with E-state index in [9.17, 15) is 25.2 Å². The normalized spacial score (nSPS) is 28.5. The van der Waals surface area contributed by atoms with Gasteiger partial charge in [-0.05, 0) is 43.9 Å². The van der Waals surface area contributed by atoms with Gasteiger partial charge in [-0.1, -0.05) is 43.3 Å². The van der Waals surface area contributed by atoms with Crippen molar-refractivity contribution in [2.75, 3.05) is 27.9 Å². The number of aliphatic hydroxyl groups excluding tert-OH is 1. The van der Waals surface area contributed by atoms with E-state index in [2.05, 4.69) is 5.32 Å². The van der Waals surface area contributed by atoms with Crippen molar-refractivity contribution >= 4 is 11.8 Å². The molecule has 6 rings (SSSR count). The Balaban J connectivity index is 1.61. The lowest BCUT2D eigenvalue weighted by Crippen LogP contribution is -2.57. The highest BCUT2D eigenvalue weighted by atomic mass is 16.5. The van der Waals surface area contributed by atoms with Crippen LogP contribution in [0.4, 0.5) is 0 Å². The molecule has 0 radical (unpaired) electrons. The number of aromatic hydroxyl groups is 1. The molecule has 2 fully saturated rings. The minimum atomic E-state index is -2.32. The van der Waals surface area contributed by atoms with Crippen LogP contribution >= 0.6 is 0 Å². The van der Waals surface area contributed by atoms with Crippen molar-refractivity contribution < 1.29 is 49.0 Å². The van der Waals surface area contributed by atoms with E-state index in [1.54, 1.807) is 49.4 Å². The first-order chi connectivity index (χ1) is 22.9. The van der Waals surface area contributed by atoms with Crippen molar-refractivity contribution in [1.29, 1.82) is 0 Å². The summed E-state index contributed by atoms with van der Waals surface area (Å²) in [5.41, 5.74) is -4.87. The zero-order chi connectivity index (χ0) is 34.6. The summed E-state index contributed by atoms with van der Waals surface area (Å²) >= 11 is 0. The number of benzene rings is 3. The number of fused-ring (bicyclic) bond motifs is 4. The van der Waals surface area contributed by atoms with E-state index in [4.69, 9.17) is 18.9 Å². The standard InChI is InChI=1S/C36H42N2O10/c1-6-34(2,43)33(42)37-27-13-10-16-38(27)31(40)30-28(20-11-8-7-9-12-20)36(21-14-15-24(46-4)23(39)17-21)32(41)35(30,44)29-25(47-5)18-22(45-3)19-26(29)48-36/h7-9,11-12,14-15,17-19,27-28,30,32,39,41,43-44H,6,10,13,16H2,1-5H3,(H,37,42)/t27-,28+,30-,32+,34+,35-,36-/m0/s1. The number of likely N-dealkylation sites (tertiary alicyclic amines) is 1. The second-order valence-corrected chi connectivity index (χ2v) is 12.9. The average Bonchev–Trinajstić information content (AvgIpc) is 3.60. The lowest BCUT2D eigenvalue weighted by molar-refractivity contribution is -0.168. The summed E-state index contributed by atoms with van der Waals surface area (Å²) in [7, 11) is 4.28. The van der Waals surface area contributed by atoms with Crippen molar-refractivity contribution in [2.45, 2.75) is 68.1 Å². The maximum atomic E-state index is 15.2. The molecule has 7 atom stereocenters. The minimum Gasteiger partial charge on any atom is -0.504 e. The number of ether oxygens (including phenoxy) is 4. The number of nitrogens with one attached hydrogen (secondary N) is 1. The van der Waals surface area contributed by atoms with Gasteiger partial charge in [0, 0.05) is 30.2 Å². The molecule has 12 heteroatoms. The number of carbonyl (C=O) groups is 2. The summed E-state index contributed by atoms with van der Waals surface area (Å²) in [6.45, 7) is 3.36. The van der Waals surface area contributed by atoms with Gasteiger partial charge in [0.25, 0.3) is 5.91 Å². The van der Waals surface area contributed by atoms with E-state index in [-0.39, 0.29) is 47.1 Å². The molecule has 5 N–H and O–H groups in total. The molecule has 1 saturated heterocycles. The number of aliphatic hydroxyl groups is 3. The number of hydrogen-bond donors (Lipinski definition) is 5. The molecular weight excluding hydrogens is 620 g/mol. The first-order valence-corrected chi connectivity index (χ1v) is 16.0. The fourth-order valence-corrected chi connectivity index (χ4v) is 7.67. The molecule has 3 aromatic rings. The molecule has 2 heterocycles. The number of carbonyl (C=O) groups excluding carboxylic acids is 2. The van der Waals surface area contributed by atoms with E-state index in [0.29, 0.717) is 24.2 Å². The second kappa shape index (κ2) is 12.2. The fourth-order valence-electron chi connectivity index (χ4n) is 7.67. The molecule has 2 amide bonds. The average molecular weight is 663 g/mol. The van der Waals surface area contributed by atoms with Gasteiger partial charge >= 0.3 is 0 Å². The summed E-state index contributed by atoms with van der Waals surface area (Å²) in [5, 5.41) is 50.2. The first kappa shape index (κ1) is 33.4. The molecule has 3 aromatic carbocycles. The van der Waals surface area contributed by atoms with Crippen LogP contribution in [0, 0.1) is 5.92 Å². The quantitative estimate of drug-likeness (QED) is 0.230. The van der Waals surface area contributed by atoms with Gasteiger partial charge < -0.3 is 49.6 Å². The highest BCUT2D eigenvalue weighted by Gasteiger charge is 2.76. The van der Waals surface area contributed by atoms with Crippen LogP contribution in [0.25, 0.3) is 0 Å². The molecule has 2 bridgehead atoms. The molecule has 0 aromatic heterocycles. The van der Waals surface area contributed by atoms with Crippen molar-refractivity contribution in [3.8, 4) is 28.7 Å². The minimum absolute atomic E-state index is 0.0668. The third kappa shape index (κ3) is 4.84. The zero-order valence-corrected chi connectivity index (χ0v) is 27.6. The lowest BCUT2D eigenvalue weighted by Gasteiger charge is -2.45. The number of nitrogens with zero attached hydrogens (tertiary/aromatic N) is 1. The highest BCUT2D eigenvalue weighted by Crippen LogP contribution is 2.68. The van der Waals surface area contributed by atoms with Crippen molar-refractivity contribution in [2.24, 2.45) is 5.92 Å². The number of amides is 2. The van der Waals surface area contributed by atoms with Gasteiger partial charge in [0.1, 0.15) is 40.7 Å². The topological polar surface area (TPSA) is 167 Å². The van der Waals surface area contributed by atoms with Crippen molar-refractivity contribution in [1.82, 2.24) is 10.2 Å². The van der Waals surface area contributed by atoms with Gasteiger partial charge in [-0.15, -0.1) is 0 Å². The Labute approximate surface area is 278 Å². The SMILES string of the molecule is CC[C@@](C)(O)C(=O)N[C@@H]1CCCN1C(=O)[C@@H]1[C@@H](c2ccccc2)[C@]2(c3ccc(OC)c(O)c3)Oc3cc(OC)cc(OC)c3[C@@]1(O)[C@H]2O. The van der Waals surface area contributed by atoms with E-state index in [1.165, 1.54) is 45.3 Å². The number of rotatable bonds is 9. The van der Waals surface area contributed by atoms with Crippen LogP contribution in [0.15, 0.2) is 60.7 Å². The van der Waals surface area contributed by atoms with Crippen LogP contribution in [0.2, 0.25) is 0 Å². The molecule has 1 saturated carbocycles. The summed E-state index contributed by atoms with van der Waals surface area (Å²) in [5.74, 6) is -3.05. The van der Waals surface area contributed by atoms with E-state index >= 15 is 4.79 Å². The molecule has 1 aliphatic carbocycles. The van der Waals surface area contributed by atoms with Gasteiger partial charge in [-0.3, -0.25) is 9.59 Å². The predicted octanol–water partition coefficient (Wildman–Crippen LogP) is 2.89. The molecule has 3 aliphatic rings. The third-order valence-corrected chi connectivity index (χ3v) is 10.3. The van der Waals surface area contributed by atoms with Crippen molar-refractivity contribution in [3.63, 3.8) is 0 Å². The van der Waals surface area contributed by atoms with Crippen LogP contribution in [-0.2, 0) is 20.8 Å². The monoisotopic (exact) mass is 662 g/mol. The van der Waals surface area contributed by atoms with Crippen molar-refractivity contribution in [3.05, 3.63) is 77.4 Å². The largest absolute Gasteiger partial charge is 0.504 e. The maximum Gasteiger partial charge on any atom is 0.253 e. The van der Waals surface area contributed by atoms with E-state index < -0.39 is 52.7 Å². The zero-order valence-electron chi connectivity index (χ0n) is 27.6. The molecule has 48 heavy (non-hydrogen) atoms. The maximum absolute atomic E-state index is 15.2. The Morgan fingerprint density at radius 2 is 1.75 bits per heavy atom. The Hall–Kier alpha value is -4.52. The Bertz CT molecular complexity index is 1710. The molecule has 12 nitrogen and oxygen atoms in total. The Morgan fingerprint density at radius 1 is 1.04 bits per heavy atom. The molecule has 2 aliphatic heterocycles. The third-order valence-electron chi connectivity index (χ3n) is 10.3. The van der Waals surface area contributed by atoms with Crippen LogP contribution in [0.3, 0.4) is 0 Å². The van der Waals surface area contributed by atoms with E-state index in [1.807, 2.05) is 6.07 Å². The van der Waals surface area contributed by atoms with E-state index in [0.717, 1.165) is 0 Å². The number of methoxy groups -OCH3 is 3. The predicted molar refractivity (Wildman–Crippen MR) is 173 cm³/mol. The van der Waals surface area contributed by atoms with Crippen LogP contribution in [0.1, 0.15) is 55.7 Å². The Morgan fingerprint density at radius 3 is 2.38 bits per heavy atom. The number of phenolic OH excluding ortho intramolecular Hbond substituents is 1. The van der Waals surface area contributed by atoms with Gasteiger partial charge in [-0.2, -0.15) is 0 Å². The summed E-state index contributed by atoms with van der Waals surface area (Å²) in [6, 6.07) is 16.6. The van der Waals surface area contributed by atoms with Crippen LogP contribution in [0.5, 0.6) is 28.7 Å². The molecule has 0 unspecified atom stereocenters. The Kier molecular flexibility index (Phi) is 8.47. The number of phenols is 1. The lowest BCUT2D eigenvalue weighted by atomic mass is 9.75. The molecular formula is C36H42N2O10. The molecule has 0 spiro atoms. The van der Waals surface area contributed by atoms with Gasteiger partial charge in [0.05, 0.1) is 32.8 Å². The van der Waals surface area contributed by atoms with Crippen LogP contribution < -0.4 is 24.3 Å². The van der Waals surface area contributed by atoms with Crippen LogP contribution in [-0.4, -0.2) is 82.9 Å². The molecule has 256 valence electrons.